The van der Waals surface area contributed by atoms with Crippen LogP contribution in [0.4, 0.5) is 5.69 Å². The molecule has 42 heavy (non-hydrogen) atoms. The van der Waals surface area contributed by atoms with Gasteiger partial charge < -0.3 is 15.2 Å². The number of pyridine rings is 1. The molecular formula is C35H49IN4O2. The number of nitrogens with one attached hydrogen (secondary N) is 2. The molecule has 1 heterocycles. The summed E-state index contributed by atoms with van der Waals surface area (Å²) < 4.78 is 1.09. The summed E-state index contributed by atoms with van der Waals surface area (Å²) in [4.78, 5) is 34.2. The summed E-state index contributed by atoms with van der Waals surface area (Å²) in [6, 6.07) is 15.4. The number of nitrogens with zero attached hydrogens (tertiary/aromatic N) is 2. The first-order valence-electron chi connectivity index (χ1n) is 15.4. The Morgan fingerprint density at radius 1 is 0.929 bits per heavy atom. The summed E-state index contributed by atoms with van der Waals surface area (Å²) in [6.07, 6.45) is 3.32. The van der Waals surface area contributed by atoms with Gasteiger partial charge in [0.05, 0.1) is 0 Å². The summed E-state index contributed by atoms with van der Waals surface area (Å²) in [5.74, 6) is -0.162. The van der Waals surface area contributed by atoms with Crippen molar-refractivity contribution in [3.8, 4) is 11.1 Å². The zero-order chi connectivity index (χ0) is 30.8. The van der Waals surface area contributed by atoms with Crippen molar-refractivity contribution in [2.45, 2.75) is 86.9 Å². The molecule has 0 bridgehead atoms. The van der Waals surface area contributed by atoms with E-state index in [1.54, 1.807) is 0 Å². The maximum absolute atomic E-state index is 13.8. The van der Waals surface area contributed by atoms with Crippen LogP contribution in [0.15, 0.2) is 47.3 Å². The molecule has 2 aromatic carbocycles. The average Bonchev–Trinajstić information content (AvgIpc) is 2.97. The van der Waals surface area contributed by atoms with Gasteiger partial charge in [0.15, 0.2) is 0 Å². The lowest BCUT2D eigenvalue weighted by Crippen LogP contribution is -2.36. The highest BCUT2D eigenvalue weighted by Gasteiger charge is 2.23. The van der Waals surface area contributed by atoms with Crippen LogP contribution in [0.1, 0.15) is 85.3 Å². The molecular weight excluding hydrogens is 635 g/mol. The Labute approximate surface area is 266 Å². The number of aromatic amines is 1. The first kappa shape index (κ1) is 33.8. The van der Waals surface area contributed by atoms with E-state index in [0.29, 0.717) is 17.2 Å². The van der Waals surface area contributed by atoms with Crippen LogP contribution in [-0.4, -0.2) is 45.9 Å². The third kappa shape index (κ3) is 8.47. The van der Waals surface area contributed by atoms with Crippen molar-refractivity contribution >= 4 is 34.2 Å². The van der Waals surface area contributed by atoms with E-state index in [1.165, 1.54) is 5.56 Å². The Kier molecular flexibility index (Phi) is 13.1. The van der Waals surface area contributed by atoms with Gasteiger partial charge in [-0.2, -0.15) is 0 Å². The summed E-state index contributed by atoms with van der Waals surface area (Å²) >= 11 is 2.47. The lowest BCUT2D eigenvalue weighted by molar-refractivity contribution is 0.0950. The number of amides is 1. The van der Waals surface area contributed by atoms with E-state index in [9.17, 15) is 9.59 Å². The zero-order valence-electron chi connectivity index (χ0n) is 26.6. The fraction of sp³-hybridized carbons (Fsp3) is 0.486. The third-order valence-corrected chi connectivity index (χ3v) is 8.91. The highest BCUT2D eigenvalue weighted by atomic mass is 127. The van der Waals surface area contributed by atoms with E-state index >= 15 is 0 Å². The number of hydrogen-bond donors (Lipinski definition) is 2. The Morgan fingerprint density at radius 3 is 2.19 bits per heavy atom. The molecule has 6 nitrogen and oxygen atoms in total. The molecule has 1 atom stereocenters. The number of alkyl halides is 1. The molecule has 0 aliphatic rings. The predicted octanol–water partition coefficient (Wildman–Crippen LogP) is 7.56. The Bertz CT molecular complexity index is 1370. The second kappa shape index (κ2) is 16.3. The minimum absolute atomic E-state index is 0.151. The Hall–Kier alpha value is -2.65. The number of aromatic nitrogens is 1. The summed E-state index contributed by atoms with van der Waals surface area (Å²) in [5.41, 5.74) is 8.28. The van der Waals surface area contributed by atoms with Gasteiger partial charge in [0.25, 0.3) is 11.5 Å². The maximum Gasteiger partial charge on any atom is 0.253 e. The van der Waals surface area contributed by atoms with Crippen molar-refractivity contribution in [1.29, 1.82) is 0 Å². The number of anilines is 1. The monoisotopic (exact) mass is 684 g/mol. The summed E-state index contributed by atoms with van der Waals surface area (Å²) in [5, 5.41) is 3.06. The standard InChI is InChI=1S/C35H49IN4O2/c1-8-12-30(17-18-36)40(11-4)33-21-29(28-15-13-27(14-16-28)23-39(9-2)10-3)20-31(26(33)7)34(41)37-22-32-24(5)19-25(6)38-35(32)42/h13-16,19-21,30H,8-12,17-18,22-23H2,1-7H3,(H,37,41)(H,38,42). The normalized spacial score (nSPS) is 12.0. The minimum atomic E-state index is -0.162. The Morgan fingerprint density at radius 2 is 1.62 bits per heavy atom. The van der Waals surface area contributed by atoms with Crippen LogP contribution in [0, 0.1) is 20.8 Å². The molecule has 7 heteroatoms. The number of H-pyrrole nitrogens is 1. The molecule has 3 rings (SSSR count). The van der Waals surface area contributed by atoms with E-state index in [1.807, 2.05) is 26.0 Å². The molecule has 228 valence electrons. The molecule has 0 aliphatic carbocycles. The maximum atomic E-state index is 13.8. The van der Waals surface area contributed by atoms with Crippen molar-refractivity contribution in [1.82, 2.24) is 15.2 Å². The fourth-order valence-electron chi connectivity index (χ4n) is 5.81. The van der Waals surface area contributed by atoms with Crippen molar-refractivity contribution in [3.05, 3.63) is 86.3 Å². The first-order valence-corrected chi connectivity index (χ1v) is 17.0. The van der Waals surface area contributed by atoms with Gasteiger partial charge in [0.2, 0.25) is 0 Å². The van der Waals surface area contributed by atoms with Crippen molar-refractivity contribution in [2.24, 2.45) is 0 Å². The smallest absolute Gasteiger partial charge is 0.253 e. The quantitative estimate of drug-likeness (QED) is 0.128. The second-order valence-corrected chi connectivity index (χ2v) is 12.2. The second-order valence-electron chi connectivity index (χ2n) is 11.2. The number of hydrogen-bond acceptors (Lipinski definition) is 4. The predicted molar refractivity (Wildman–Crippen MR) is 186 cm³/mol. The van der Waals surface area contributed by atoms with Gasteiger partial charge >= 0.3 is 0 Å². The number of carbonyl (C=O) groups is 1. The molecule has 0 aliphatic heterocycles. The van der Waals surface area contributed by atoms with Crippen LogP contribution in [0.5, 0.6) is 0 Å². The topological polar surface area (TPSA) is 68.4 Å². The highest BCUT2D eigenvalue weighted by molar-refractivity contribution is 14.1. The molecule has 0 spiro atoms. The molecule has 0 saturated heterocycles. The largest absolute Gasteiger partial charge is 0.369 e. The molecule has 3 aromatic rings. The third-order valence-electron chi connectivity index (χ3n) is 8.29. The van der Waals surface area contributed by atoms with Gasteiger partial charge in [0, 0.05) is 52.6 Å². The van der Waals surface area contributed by atoms with Crippen LogP contribution in [0.25, 0.3) is 11.1 Å². The molecule has 0 saturated carbocycles. The fourth-order valence-corrected chi connectivity index (χ4v) is 6.53. The van der Waals surface area contributed by atoms with Crippen LogP contribution in [-0.2, 0) is 13.1 Å². The minimum Gasteiger partial charge on any atom is -0.369 e. The van der Waals surface area contributed by atoms with Crippen LogP contribution in [0.3, 0.4) is 0 Å². The molecule has 1 unspecified atom stereocenters. The van der Waals surface area contributed by atoms with Gasteiger partial charge in [-0.1, -0.05) is 74.0 Å². The first-order chi connectivity index (χ1) is 20.2. The molecule has 0 fully saturated rings. The molecule has 0 radical (unpaired) electrons. The van der Waals surface area contributed by atoms with Gasteiger partial charge in [-0.3, -0.25) is 14.5 Å². The number of halogens is 1. The van der Waals surface area contributed by atoms with Gasteiger partial charge in [-0.05, 0) is 99.6 Å². The van der Waals surface area contributed by atoms with E-state index in [-0.39, 0.29) is 18.0 Å². The number of aryl methyl sites for hydroxylation is 2. The number of benzene rings is 2. The van der Waals surface area contributed by atoms with E-state index in [4.69, 9.17) is 0 Å². The molecule has 1 aromatic heterocycles. The number of carbonyl (C=O) groups excluding carboxylic acids is 1. The van der Waals surface area contributed by atoms with Gasteiger partial charge in [0.1, 0.15) is 0 Å². The summed E-state index contributed by atoms with van der Waals surface area (Å²) in [7, 11) is 0. The van der Waals surface area contributed by atoms with Crippen molar-refractivity contribution < 1.29 is 4.79 Å². The molecule has 1 amide bonds. The van der Waals surface area contributed by atoms with E-state index in [2.05, 4.69) is 108 Å². The van der Waals surface area contributed by atoms with E-state index < -0.39 is 0 Å². The SMILES string of the molecule is CCCC(CCI)N(CC)c1cc(-c2ccc(CN(CC)CC)cc2)cc(C(=O)NCc2c(C)cc(C)[nH]c2=O)c1C. The van der Waals surface area contributed by atoms with Crippen LogP contribution >= 0.6 is 22.6 Å². The lowest BCUT2D eigenvalue weighted by Gasteiger charge is -2.35. The lowest BCUT2D eigenvalue weighted by atomic mass is 9.94. The van der Waals surface area contributed by atoms with Gasteiger partial charge in [-0.15, -0.1) is 0 Å². The number of rotatable bonds is 15. The van der Waals surface area contributed by atoms with Crippen LogP contribution in [0.2, 0.25) is 0 Å². The Balaban J connectivity index is 2.06. The highest BCUT2D eigenvalue weighted by Crippen LogP contribution is 2.34. The van der Waals surface area contributed by atoms with Crippen LogP contribution < -0.4 is 15.8 Å². The van der Waals surface area contributed by atoms with Crippen molar-refractivity contribution in [2.75, 3.05) is 29.0 Å². The van der Waals surface area contributed by atoms with Gasteiger partial charge in [-0.25, -0.2) is 0 Å². The zero-order valence-corrected chi connectivity index (χ0v) is 28.7. The molecule has 2 N–H and O–H groups in total. The summed E-state index contributed by atoms with van der Waals surface area (Å²) in [6.45, 7) is 18.7. The average molecular weight is 685 g/mol. The van der Waals surface area contributed by atoms with Crippen molar-refractivity contribution in [3.63, 3.8) is 0 Å². The van der Waals surface area contributed by atoms with E-state index in [0.717, 1.165) is 83.5 Å².